The molecule has 0 saturated heterocycles. The first-order valence-corrected chi connectivity index (χ1v) is 7.33. The number of nitrogens with two attached hydrogens (primary N) is 1. The van der Waals surface area contributed by atoms with E-state index in [0.717, 1.165) is 31.1 Å². The highest BCUT2D eigenvalue weighted by Crippen LogP contribution is 2.44. The average molecular weight is 261 g/mol. The van der Waals surface area contributed by atoms with Crippen LogP contribution in [-0.2, 0) is 11.8 Å². The summed E-state index contributed by atoms with van der Waals surface area (Å²) in [6.45, 7) is 1.50. The predicted octanol–water partition coefficient (Wildman–Crippen LogP) is 2.79. The van der Waals surface area contributed by atoms with Crippen LogP contribution in [-0.4, -0.2) is 20.3 Å². The molecule has 1 saturated carbocycles. The third kappa shape index (κ3) is 2.10. The summed E-state index contributed by atoms with van der Waals surface area (Å²) in [4.78, 5) is 0. The lowest BCUT2D eigenvalue weighted by molar-refractivity contribution is 0.297. The van der Waals surface area contributed by atoms with Crippen molar-refractivity contribution >= 4 is 0 Å². The van der Waals surface area contributed by atoms with Crippen LogP contribution in [0.3, 0.4) is 0 Å². The van der Waals surface area contributed by atoms with E-state index in [2.05, 4.69) is 12.1 Å². The Labute approximate surface area is 115 Å². The van der Waals surface area contributed by atoms with Crippen molar-refractivity contribution in [3.63, 3.8) is 0 Å². The Bertz CT molecular complexity index is 464. The second-order valence-electron chi connectivity index (χ2n) is 5.81. The highest BCUT2D eigenvalue weighted by atomic mass is 16.5. The monoisotopic (exact) mass is 261 g/mol. The predicted molar refractivity (Wildman–Crippen MR) is 76.0 cm³/mol. The molecule has 1 fully saturated rings. The van der Waals surface area contributed by atoms with Gasteiger partial charge in [0.15, 0.2) is 11.5 Å². The van der Waals surface area contributed by atoms with Gasteiger partial charge in [-0.25, -0.2) is 0 Å². The Morgan fingerprint density at radius 2 is 2.05 bits per heavy atom. The van der Waals surface area contributed by atoms with Crippen molar-refractivity contribution in [3.05, 3.63) is 23.3 Å². The minimum atomic E-state index is 0.156. The standard InChI is InChI=1S/C16H23NO2/c1-18-14-10-13(9-12-5-8-19-15(12)14)16(11-17)6-3-2-4-7-16/h9-10H,2-8,11,17H2,1H3. The first-order valence-electron chi connectivity index (χ1n) is 7.33. The lowest BCUT2D eigenvalue weighted by Gasteiger charge is -2.37. The first kappa shape index (κ1) is 12.8. The summed E-state index contributed by atoms with van der Waals surface area (Å²) in [5.41, 5.74) is 8.93. The van der Waals surface area contributed by atoms with E-state index in [1.165, 1.54) is 43.2 Å². The van der Waals surface area contributed by atoms with E-state index < -0.39 is 0 Å². The molecular formula is C16H23NO2. The van der Waals surface area contributed by atoms with Crippen LogP contribution < -0.4 is 15.2 Å². The number of hydrogen-bond acceptors (Lipinski definition) is 3. The Balaban J connectivity index is 2.04. The van der Waals surface area contributed by atoms with Gasteiger partial charge in [-0.1, -0.05) is 25.3 Å². The van der Waals surface area contributed by atoms with Crippen molar-refractivity contribution in [2.75, 3.05) is 20.3 Å². The topological polar surface area (TPSA) is 44.5 Å². The molecule has 0 amide bonds. The summed E-state index contributed by atoms with van der Waals surface area (Å²) in [6.07, 6.45) is 7.30. The van der Waals surface area contributed by atoms with Gasteiger partial charge in [0, 0.05) is 23.9 Å². The van der Waals surface area contributed by atoms with Crippen LogP contribution in [0, 0.1) is 0 Å². The van der Waals surface area contributed by atoms with E-state index in [1.54, 1.807) is 7.11 Å². The Kier molecular flexibility index (Phi) is 3.40. The van der Waals surface area contributed by atoms with E-state index in [4.69, 9.17) is 15.2 Å². The molecule has 3 heteroatoms. The molecule has 1 aromatic carbocycles. The fourth-order valence-electron chi connectivity index (χ4n) is 3.57. The summed E-state index contributed by atoms with van der Waals surface area (Å²) >= 11 is 0. The number of benzene rings is 1. The highest BCUT2D eigenvalue weighted by Gasteiger charge is 2.34. The zero-order valence-corrected chi connectivity index (χ0v) is 11.7. The van der Waals surface area contributed by atoms with Gasteiger partial charge in [-0.2, -0.15) is 0 Å². The summed E-state index contributed by atoms with van der Waals surface area (Å²) in [6, 6.07) is 4.46. The van der Waals surface area contributed by atoms with Crippen LogP contribution in [0.15, 0.2) is 12.1 Å². The Morgan fingerprint density at radius 1 is 1.26 bits per heavy atom. The van der Waals surface area contributed by atoms with Crippen molar-refractivity contribution in [1.82, 2.24) is 0 Å². The number of methoxy groups -OCH3 is 1. The van der Waals surface area contributed by atoms with E-state index in [1.807, 2.05) is 0 Å². The second kappa shape index (κ2) is 5.04. The first-order chi connectivity index (χ1) is 9.29. The molecule has 2 N–H and O–H groups in total. The van der Waals surface area contributed by atoms with Gasteiger partial charge >= 0.3 is 0 Å². The van der Waals surface area contributed by atoms with E-state index >= 15 is 0 Å². The molecule has 0 radical (unpaired) electrons. The normalized spacial score (nSPS) is 20.7. The molecule has 1 aliphatic carbocycles. The zero-order valence-electron chi connectivity index (χ0n) is 11.7. The van der Waals surface area contributed by atoms with Crippen molar-refractivity contribution in [2.24, 2.45) is 5.73 Å². The Hall–Kier alpha value is -1.22. The quantitative estimate of drug-likeness (QED) is 0.910. The maximum atomic E-state index is 6.13. The minimum Gasteiger partial charge on any atom is -0.493 e. The molecule has 0 bridgehead atoms. The summed E-state index contributed by atoms with van der Waals surface area (Å²) < 4.78 is 11.2. The minimum absolute atomic E-state index is 0.156. The molecule has 0 spiro atoms. The summed E-state index contributed by atoms with van der Waals surface area (Å²) in [5, 5.41) is 0. The number of ether oxygens (including phenoxy) is 2. The van der Waals surface area contributed by atoms with Gasteiger partial charge in [-0.15, -0.1) is 0 Å². The third-order valence-corrected chi connectivity index (χ3v) is 4.78. The molecule has 0 unspecified atom stereocenters. The molecule has 104 valence electrons. The lowest BCUT2D eigenvalue weighted by Crippen LogP contribution is -2.37. The molecule has 2 aliphatic rings. The fourth-order valence-corrected chi connectivity index (χ4v) is 3.57. The highest BCUT2D eigenvalue weighted by molar-refractivity contribution is 5.53. The van der Waals surface area contributed by atoms with E-state index in [-0.39, 0.29) is 5.41 Å². The fraction of sp³-hybridized carbons (Fsp3) is 0.625. The molecule has 19 heavy (non-hydrogen) atoms. The van der Waals surface area contributed by atoms with Crippen molar-refractivity contribution in [2.45, 2.75) is 43.9 Å². The number of hydrogen-bond donors (Lipinski definition) is 1. The van der Waals surface area contributed by atoms with Gasteiger partial charge in [0.2, 0.25) is 0 Å². The van der Waals surface area contributed by atoms with Gasteiger partial charge in [0.1, 0.15) is 0 Å². The van der Waals surface area contributed by atoms with Gasteiger partial charge in [-0.3, -0.25) is 0 Å². The SMILES string of the molecule is COc1cc(C2(CN)CCCCC2)cc2c1OCC2. The van der Waals surface area contributed by atoms with Gasteiger partial charge in [0.25, 0.3) is 0 Å². The maximum absolute atomic E-state index is 6.13. The molecule has 1 aromatic rings. The summed E-state index contributed by atoms with van der Waals surface area (Å²) in [5.74, 6) is 1.82. The van der Waals surface area contributed by atoms with Gasteiger partial charge in [0.05, 0.1) is 13.7 Å². The van der Waals surface area contributed by atoms with Crippen LogP contribution in [0.25, 0.3) is 0 Å². The molecule has 1 heterocycles. The Morgan fingerprint density at radius 3 is 2.74 bits per heavy atom. The largest absolute Gasteiger partial charge is 0.493 e. The third-order valence-electron chi connectivity index (χ3n) is 4.78. The van der Waals surface area contributed by atoms with E-state index in [0.29, 0.717) is 0 Å². The van der Waals surface area contributed by atoms with Crippen LogP contribution in [0.5, 0.6) is 11.5 Å². The second-order valence-corrected chi connectivity index (χ2v) is 5.81. The van der Waals surface area contributed by atoms with Gasteiger partial charge in [-0.05, 0) is 24.5 Å². The number of fused-ring (bicyclic) bond motifs is 1. The molecular weight excluding hydrogens is 238 g/mol. The van der Waals surface area contributed by atoms with Crippen molar-refractivity contribution in [3.8, 4) is 11.5 Å². The molecule has 3 nitrogen and oxygen atoms in total. The smallest absolute Gasteiger partial charge is 0.164 e. The lowest BCUT2D eigenvalue weighted by atomic mass is 9.69. The van der Waals surface area contributed by atoms with Crippen LogP contribution in [0.4, 0.5) is 0 Å². The van der Waals surface area contributed by atoms with Crippen LogP contribution in [0.1, 0.15) is 43.2 Å². The van der Waals surface area contributed by atoms with E-state index in [9.17, 15) is 0 Å². The number of rotatable bonds is 3. The molecule has 0 aromatic heterocycles. The molecule has 3 rings (SSSR count). The molecule has 0 atom stereocenters. The summed E-state index contributed by atoms with van der Waals surface area (Å²) in [7, 11) is 1.72. The van der Waals surface area contributed by atoms with Crippen molar-refractivity contribution < 1.29 is 9.47 Å². The van der Waals surface area contributed by atoms with Crippen LogP contribution >= 0.6 is 0 Å². The zero-order chi connectivity index (χ0) is 13.3. The molecule has 1 aliphatic heterocycles. The van der Waals surface area contributed by atoms with Gasteiger partial charge < -0.3 is 15.2 Å². The van der Waals surface area contributed by atoms with Crippen LogP contribution in [0.2, 0.25) is 0 Å². The average Bonchev–Trinajstić information content (AvgIpc) is 2.95. The van der Waals surface area contributed by atoms with Crippen molar-refractivity contribution in [1.29, 1.82) is 0 Å². The maximum Gasteiger partial charge on any atom is 0.164 e.